The second kappa shape index (κ2) is 5.65. The summed E-state index contributed by atoms with van der Waals surface area (Å²) in [5, 5.41) is 8.66. The highest BCUT2D eigenvalue weighted by molar-refractivity contribution is 5.97. The number of hydrogen-bond donors (Lipinski definition) is 1. The van der Waals surface area contributed by atoms with Crippen molar-refractivity contribution in [1.29, 1.82) is 0 Å². The fraction of sp³-hybridized carbons (Fsp3) is 0.182. The van der Waals surface area contributed by atoms with Crippen LogP contribution in [-0.4, -0.2) is 28.6 Å². The van der Waals surface area contributed by atoms with Crippen LogP contribution in [-0.2, 0) is 9.53 Å². The summed E-state index contributed by atoms with van der Waals surface area (Å²) >= 11 is 0. The lowest BCUT2D eigenvalue weighted by molar-refractivity contribution is -0.132. The summed E-state index contributed by atoms with van der Waals surface area (Å²) in [5.74, 6) is -1.02. The van der Waals surface area contributed by atoms with Gasteiger partial charge >= 0.3 is 5.97 Å². The summed E-state index contributed by atoms with van der Waals surface area (Å²) in [6.07, 6.45) is 1.58. The van der Waals surface area contributed by atoms with Gasteiger partial charge in [0.1, 0.15) is 11.4 Å². The van der Waals surface area contributed by atoms with E-state index in [-0.39, 0.29) is 11.6 Å². The van der Waals surface area contributed by atoms with Gasteiger partial charge in [0, 0.05) is 6.20 Å². The number of carbonyl (C=O) groups is 1. The van der Waals surface area contributed by atoms with E-state index in [0.717, 1.165) is 0 Å². The van der Waals surface area contributed by atoms with Crippen molar-refractivity contribution >= 4 is 11.9 Å². The van der Waals surface area contributed by atoms with Crippen LogP contribution >= 0.6 is 0 Å². The number of nitrogens with zero attached hydrogens (tertiary/aromatic N) is 2. The van der Waals surface area contributed by atoms with Gasteiger partial charge in [-0.25, -0.2) is 9.79 Å². The monoisotopic (exact) mass is 220 g/mol. The van der Waals surface area contributed by atoms with E-state index in [1.54, 1.807) is 31.3 Å². The number of pyridine rings is 1. The number of hydrogen-bond acceptors (Lipinski definition) is 4. The zero-order chi connectivity index (χ0) is 12.0. The third kappa shape index (κ3) is 3.20. The van der Waals surface area contributed by atoms with Crippen molar-refractivity contribution in [3.8, 4) is 0 Å². The molecule has 0 unspecified atom stereocenters. The Labute approximate surface area is 93.1 Å². The Morgan fingerprint density at radius 1 is 1.62 bits per heavy atom. The minimum atomic E-state index is -1.19. The van der Waals surface area contributed by atoms with Crippen LogP contribution in [0, 0.1) is 0 Å². The Balaban J connectivity index is 3.00. The normalized spacial score (nSPS) is 10.9. The van der Waals surface area contributed by atoms with Crippen LogP contribution in [0.3, 0.4) is 0 Å². The van der Waals surface area contributed by atoms with Crippen LogP contribution in [0.5, 0.6) is 0 Å². The van der Waals surface area contributed by atoms with Crippen molar-refractivity contribution in [3.05, 3.63) is 42.4 Å². The van der Waals surface area contributed by atoms with Crippen molar-refractivity contribution in [3.63, 3.8) is 0 Å². The van der Waals surface area contributed by atoms with Crippen LogP contribution in [0.15, 0.2) is 41.7 Å². The fourth-order valence-corrected chi connectivity index (χ4v) is 0.960. The van der Waals surface area contributed by atoms with Crippen molar-refractivity contribution in [1.82, 2.24) is 4.98 Å². The number of aliphatic carboxylic acids is 1. The minimum Gasteiger partial charge on any atom is -0.477 e. The molecule has 0 saturated heterocycles. The molecule has 0 radical (unpaired) electrons. The highest BCUT2D eigenvalue weighted by atomic mass is 16.5. The van der Waals surface area contributed by atoms with Gasteiger partial charge in [0.05, 0.1) is 6.61 Å². The molecule has 0 aromatic carbocycles. The van der Waals surface area contributed by atoms with E-state index >= 15 is 0 Å². The molecule has 1 aromatic heterocycles. The molecule has 84 valence electrons. The van der Waals surface area contributed by atoms with Crippen molar-refractivity contribution in [2.24, 2.45) is 4.99 Å². The molecule has 0 aliphatic heterocycles. The molecule has 5 heteroatoms. The molecular weight excluding hydrogens is 208 g/mol. The van der Waals surface area contributed by atoms with E-state index in [0.29, 0.717) is 12.3 Å². The SMILES string of the molecule is C=C(N=C(OCC)c1ccccn1)C(=O)O. The zero-order valence-electron chi connectivity index (χ0n) is 8.88. The maximum absolute atomic E-state index is 10.6. The van der Waals surface area contributed by atoms with E-state index < -0.39 is 5.97 Å². The second-order valence-electron chi connectivity index (χ2n) is 2.82. The van der Waals surface area contributed by atoms with Gasteiger partial charge in [-0.3, -0.25) is 4.98 Å². The number of carboxylic acid groups (broad SMARTS) is 1. The number of ether oxygens (including phenoxy) is 1. The Morgan fingerprint density at radius 3 is 2.88 bits per heavy atom. The van der Waals surface area contributed by atoms with E-state index in [1.165, 1.54) is 0 Å². The molecule has 1 aromatic rings. The summed E-state index contributed by atoms with van der Waals surface area (Å²) in [5.41, 5.74) is 0.195. The maximum Gasteiger partial charge on any atom is 0.354 e. The Kier molecular flexibility index (Phi) is 4.20. The average molecular weight is 220 g/mol. The molecule has 1 heterocycles. The molecule has 0 atom stereocenters. The smallest absolute Gasteiger partial charge is 0.354 e. The summed E-state index contributed by atoms with van der Waals surface area (Å²) in [6.45, 7) is 5.46. The molecular formula is C11H12N2O3. The molecule has 0 saturated carbocycles. The van der Waals surface area contributed by atoms with Crippen LogP contribution in [0.4, 0.5) is 0 Å². The summed E-state index contributed by atoms with van der Waals surface area (Å²) < 4.78 is 5.21. The lowest BCUT2D eigenvalue weighted by Gasteiger charge is -2.06. The summed E-state index contributed by atoms with van der Waals surface area (Å²) in [4.78, 5) is 18.4. The number of aliphatic imine (C=N–C) groups is 1. The molecule has 5 nitrogen and oxygen atoms in total. The van der Waals surface area contributed by atoms with E-state index in [4.69, 9.17) is 9.84 Å². The molecule has 16 heavy (non-hydrogen) atoms. The average Bonchev–Trinajstić information content (AvgIpc) is 2.29. The van der Waals surface area contributed by atoms with Gasteiger partial charge in [-0.1, -0.05) is 12.6 Å². The summed E-state index contributed by atoms with van der Waals surface area (Å²) in [6, 6.07) is 5.20. The maximum atomic E-state index is 10.6. The predicted molar refractivity (Wildman–Crippen MR) is 59.2 cm³/mol. The fourth-order valence-electron chi connectivity index (χ4n) is 0.960. The molecule has 1 N–H and O–H groups in total. The third-order valence-corrected chi connectivity index (χ3v) is 1.65. The van der Waals surface area contributed by atoms with Crippen molar-refractivity contribution in [2.75, 3.05) is 6.61 Å². The first-order valence-electron chi connectivity index (χ1n) is 4.70. The Morgan fingerprint density at radius 2 is 2.38 bits per heavy atom. The Bertz CT molecular complexity index is 412. The van der Waals surface area contributed by atoms with Gasteiger partial charge in [0.2, 0.25) is 5.90 Å². The molecule has 0 bridgehead atoms. The van der Waals surface area contributed by atoms with Crippen LogP contribution in [0.25, 0.3) is 0 Å². The first-order chi connectivity index (χ1) is 7.65. The lowest BCUT2D eigenvalue weighted by Crippen LogP contribution is -2.10. The summed E-state index contributed by atoms with van der Waals surface area (Å²) in [7, 11) is 0. The lowest BCUT2D eigenvalue weighted by atomic mass is 10.3. The van der Waals surface area contributed by atoms with Gasteiger partial charge in [0.15, 0.2) is 0 Å². The highest BCUT2D eigenvalue weighted by Crippen LogP contribution is 2.03. The topological polar surface area (TPSA) is 71.8 Å². The largest absolute Gasteiger partial charge is 0.477 e. The first-order valence-corrected chi connectivity index (χ1v) is 4.70. The minimum absolute atomic E-state index is 0.162. The standard InChI is InChI=1S/C11H12N2O3/c1-3-16-10(13-8(2)11(14)15)9-6-4-5-7-12-9/h4-7H,2-3H2,1H3,(H,14,15). The number of aromatic nitrogens is 1. The molecule has 0 amide bonds. The van der Waals surface area contributed by atoms with Crippen molar-refractivity contribution in [2.45, 2.75) is 6.92 Å². The second-order valence-corrected chi connectivity index (χ2v) is 2.82. The molecule has 0 aliphatic carbocycles. The Hall–Kier alpha value is -2.17. The van der Waals surface area contributed by atoms with Crippen LogP contribution in [0.2, 0.25) is 0 Å². The van der Waals surface area contributed by atoms with E-state index in [2.05, 4.69) is 16.6 Å². The van der Waals surface area contributed by atoms with Crippen LogP contribution < -0.4 is 0 Å². The van der Waals surface area contributed by atoms with Gasteiger partial charge in [-0.05, 0) is 19.1 Å². The third-order valence-electron chi connectivity index (χ3n) is 1.65. The van der Waals surface area contributed by atoms with Gasteiger partial charge in [-0.15, -0.1) is 0 Å². The van der Waals surface area contributed by atoms with Gasteiger partial charge in [-0.2, -0.15) is 0 Å². The quantitative estimate of drug-likeness (QED) is 0.473. The molecule has 0 spiro atoms. The van der Waals surface area contributed by atoms with Crippen molar-refractivity contribution < 1.29 is 14.6 Å². The number of rotatable bonds is 4. The predicted octanol–water partition coefficient (Wildman–Crippen LogP) is 1.46. The van der Waals surface area contributed by atoms with Gasteiger partial charge in [0.25, 0.3) is 0 Å². The van der Waals surface area contributed by atoms with Crippen LogP contribution in [0.1, 0.15) is 12.6 Å². The number of carboxylic acids is 1. The molecule has 1 rings (SSSR count). The molecule has 0 aliphatic rings. The van der Waals surface area contributed by atoms with Gasteiger partial charge < -0.3 is 9.84 Å². The van der Waals surface area contributed by atoms with E-state index in [9.17, 15) is 4.79 Å². The first kappa shape index (κ1) is 11.9. The molecule has 0 fully saturated rings. The highest BCUT2D eigenvalue weighted by Gasteiger charge is 2.09. The van der Waals surface area contributed by atoms with E-state index in [1.807, 2.05) is 0 Å². The zero-order valence-corrected chi connectivity index (χ0v) is 8.88.